The molecule has 3 nitrogen and oxygen atoms in total. The zero-order valence-electron chi connectivity index (χ0n) is 14.1. The van der Waals surface area contributed by atoms with Gasteiger partial charge in [-0.05, 0) is 43.2 Å². The van der Waals surface area contributed by atoms with Crippen LogP contribution in [0.3, 0.4) is 0 Å². The van der Waals surface area contributed by atoms with E-state index >= 15 is 0 Å². The van der Waals surface area contributed by atoms with Crippen molar-refractivity contribution in [2.45, 2.75) is 19.9 Å². The Balaban J connectivity index is 2.34. The first-order chi connectivity index (χ1) is 10.6. The molecule has 0 amide bonds. The van der Waals surface area contributed by atoms with Gasteiger partial charge in [-0.15, -0.1) is 0 Å². The van der Waals surface area contributed by atoms with E-state index in [1.165, 1.54) is 22.5 Å². The van der Waals surface area contributed by atoms with Gasteiger partial charge in [0.15, 0.2) is 0 Å². The van der Waals surface area contributed by atoms with Gasteiger partial charge in [-0.25, -0.2) is 0 Å². The molecule has 0 aliphatic carbocycles. The molecule has 0 spiro atoms. The van der Waals surface area contributed by atoms with E-state index < -0.39 is 0 Å². The van der Waals surface area contributed by atoms with Crippen molar-refractivity contribution in [2.75, 3.05) is 37.0 Å². The van der Waals surface area contributed by atoms with E-state index in [1.54, 1.807) is 0 Å². The van der Waals surface area contributed by atoms with Gasteiger partial charge < -0.3 is 15.5 Å². The summed E-state index contributed by atoms with van der Waals surface area (Å²) in [6.07, 6.45) is 0. The molecular weight excluding hydrogens is 270 g/mol. The van der Waals surface area contributed by atoms with Crippen molar-refractivity contribution in [1.82, 2.24) is 0 Å². The summed E-state index contributed by atoms with van der Waals surface area (Å²) in [5.41, 5.74) is 11.1. The normalized spacial score (nSPS) is 12.0. The van der Waals surface area contributed by atoms with Crippen molar-refractivity contribution in [3.63, 3.8) is 0 Å². The summed E-state index contributed by atoms with van der Waals surface area (Å²) in [7, 11) is 4.11. The van der Waals surface area contributed by atoms with Crippen molar-refractivity contribution in [3.05, 3.63) is 59.7 Å². The lowest BCUT2D eigenvalue weighted by Gasteiger charge is -2.33. The number of anilines is 2. The molecule has 0 bridgehead atoms. The second-order valence-electron chi connectivity index (χ2n) is 5.81. The fourth-order valence-corrected chi connectivity index (χ4v) is 2.88. The van der Waals surface area contributed by atoms with Gasteiger partial charge >= 0.3 is 0 Å². The minimum atomic E-state index is 0.197. The second kappa shape index (κ2) is 7.32. The number of hydrogen-bond donors (Lipinski definition) is 1. The molecule has 1 unspecified atom stereocenters. The second-order valence-corrected chi connectivity index (χ2v) is 5.81. The van der Waals surface area contributed by atoms with Crippen LogP contribution in [0.25, 0.3) is 0 Å². The highest BCUT2D eigenvalue weighted by atomic mass is 15.2. The standard InChI is InChI=1S/C19H27N3/c1-5-22(18-9-7-6-8-15(18)2)19(14-20)16-10-12-17(13-11-16)21(3)4/h6-13,19H,5,14,20H2,1-4H3. The van der Waals surface area contributed by atoms with Gasteiger partial charge in [0.25, 0.3) is 0 Å². The third-order valence-corrected chi connectivity index (χ3v) is 4.16. The van der Waals surface area contributed by atoms with E-state index in [9.17, 15) is 0 Å². The van der Waals surface area contributed by atoms with Crippen LogP contribution in [0.1, 0.15) is 24.1 Å². The number of nitrogens with two attached hydrogens (primary N) is 1. The predicted molar refractivity (Wildman–Crippen MR) is 96.8 cm³/mol. The molecule has 1 atom stereocenters. The van der Waals surface area contributed by atoms with Gasteiger partial charge in [-0.3, -0.25) is 0 Å². The molecule has 0 fully saturated rings. The predicted octanol–water partition coefficient (Wildman–Crippen LogP) is 3.59. The maximum Gasteiger partial charge on any atom is 0.0664 e. The number of para-hydroxylation sites is 1. The van der Waals surface area contributed by atoms with Gasteiger partial charge in [0.05, 0.1) is 6.04 Å². The van der Waals surface area contributed by atoms with Crippen LogP contribution in [-0.2, 0) is 0 Å². The molecule has 0 heterocycles. The lowest BCUT2D eigenvalue weighted by Crippen LogP contribution is -2.34. The van der Waals surface area contributed by atoms with Crippen LogP contribution in [-0.4, -0.2) is 27.2 Å². The number of likely N-dealkylation sites (N-methyl/N-ethyl adjacent to an activating group) is 1. The van der Waals surface area contributed by atoms with Crippen LogP contribution in [0, 0.1) is 6.92 Å². The van der Waals surface area contributed by atoms with Crippen LogP contribution in [0.15, 0.2) is 48.5 Å². The maximum absolute atomic E-state index is 6.11. The molecule has 0 aliphatic heterocycles. The molecule has 118 valence electrons. The lowest BCUT2D eigenvalue weighted by atomic mass is 10.0. The van der Waals surface area contributed by atoms with Crippen molar-refractivity contribution in [2.24, 2.45) is 5.73 Å². The summed E-state index contributed by atoms with van der Waals surface area (Å²) < 4.78 is 0. The van der Waals surface area contributed by atoms with Crippen molar-refractivity contribution in [1.29, 1.82) is 0 Å². The van der Waals surface area contributed by atoms with Crippen LogP contribution in [0.4, 0.5) is 11.4 Å². The van der Waals surface area contributed by atoms with Crippen LogP contribution >= 0.6 is 0 Å². The molecule has 0 aliphatic rings. The summed E-state index contributed by atoms with van der Waals surface area (Å²) in [5, 5.41) is 0. The molecule has 0 aromatic heterocycles. The van der Waals surface area contributed by atoms with Crippen LogP contribution in [0.2, 0.25) is 0 Å². The lowest BCUT2D eigenvalue weighted by molar-refractivity contribution is 0.642. The van der Waals surface area contributed by atoms with Gasteiger partial charge in [-0.2, -0.15) is 0 Å². The van der Waals surface area contributed by atoms with E-state index in [4.69, 9.17) is 5.73 Å². The fraction of sp³-hybridized carbons (Fsp3) is 0.368. The maximum atomic E-state index is 6.11. The Morgan fingerprint density at radius 2 is 1.64 bits per heavy atom. The van der Waals surface area contributed by atoms with Crippen molar-refractivity contribution in [3.8, 4) is 0 Å². The number of nitrogens with zero attached hydrogens (tertiary/aromatic N) is 2. The molecule has 2 N–H and O–H groups in total. The summed E-state index contributed by atoms with van der Waals surface area (Å²) >= 11 is 0. The molecular formula is C19H27N3. The summed E-state index contributed by atoms with van der Waals surface area (Å²) in [6, 6.07) is 17.4. The molecule has 2 rings (SSSR count). The van der Waals surface area contributed by atoms with Crippen molar-refractivity contribution < 1.29 is 0 Å². The molecule has 22 heavy (non-hydrogen) atoms. The first-order valence-corrected chi connectivity index (χ1v) is 7.88. The third-order valence-electron chi connectivity index (χ3n) is 4.16. The largest absolute Gasteiger partial charge is 0.378 e. The van der Waals surface area contributed by atoms with Crippen LogP contribution in [0.5, 0.6) is 0 Å². The van der Waals surface area contributed by atoms with Gasteiger partial charge in [0, 0.05) is 38.6 Å². The number of aryl methyl sites for hydroxylation is 1. The molecule has 0 saturated heterocycles. The first kappa shape index (κ1) is 16.4. The Kier molecular flexibility index (Phi) is 5.45. The molecule has 2 aromatic carbocycles. The van der Waals surface area contributed by atoms with E-state index in [0.29, 0.717) is 6.54 Å². The van der Waals surface area contributed by atoms with E-state index in [0.717, 1.165) is 6.54 Å². The Labute approximate surface area is 134 Å². The number of benzene rings is 2. The number of hydrogen-bond acceptors (Lipinski definition) is 3. The zero-order valence-corrected chi connectivity index (χ0v) is 14.1. The van der Waals surface area contributed by atoms with Gasteiger partial charge in [-0.1, -0.05) is 30.3 Å². The molecule has 3 heteroatoms. The zero-order chi connectivity index (χ0) is 16.1. The van der Waals surface area contributed by atoms with Gasteiger partial charge in [0.1, 0.15) is 0 Å². The molecule has 2 aromatic rings. The highest BCUT2D eigenvalue weighted by Gasteiger charge is 2.19. The summed E-state index contributed by atoms with van der Waals surface area (Å²) in [6.45, 7) is 5.87. The minimum Gasteiger partial charge on any atom is -0.378 e. The van der Waals surface area contributed by atoms with Gasteiger partial charge in [0.2, 0.25) is 0 Å². The smallest absolute Gasteiger partial charge is 0.0664 e. The minimum absolute atomic E-state index is 0.197. The molecule has 0 radical (unpaired) electrons. The Bertz CT molecular complexity index is 590. The molecule has 0 saturated carbocycles. The monoisotopic (exact) mass is 297 g/mol. The summed E-state index contributed by atoms with van der Waals surface area (Å²) in [4.78, 5) is 4.50. The quantitative estimate of drug-likeness (QED) is 0.884. The first-order valence-electron chi connectivity index (χ1n) is 7.88. The highest BCUT2D eigenvalue weighted by molar-refractivity contribution is 5.55. The van der Waals surface area contributed by atoms with E-state index in [1.807, 2.05) is 0 Å². The Morgan fingerprint density at radius 1 is 1.00 bits per heavy atom. The Morgan fingerprint density at radius 3 is 2.14 bits per heavy atom. The average Bonchev–Trinajstić information content (AvgIpc) is 2.53. The third kappa shape index (κ3) is 3.42. The Hall–Kier alpha value is -2.00. The van der Waals surface area contributed by atoms with Crippen LogP contribution < -0.4 is 15.5 Å². The van der Waals surface area contributed by atoms with E-state index in [2.05, 4.69) is 86.3 Å². The van der Waals surface area contributed by atoms with Crippen molar-refractivity contribution >= 4 is 11.4 Å². The average molecular weight is 297 g/mol. The highest BCUT2D eigenvalue weighted by Crippen LogP contribution is 2.29. The summed E-state index contributed by atoms with van der Waals surface area (Å²) in [5.74, 6) is 0. The van der Waals surface area contributed by atoms with E-state index in [-0.39, 0.29) is 6.04 Å². The fourth-order valence-electron chi connectivity index (χ4n) is 2.88. The number of rotatable bonds is 6. The topological polar surface area (TPSA) is 32.5 Å². The SMILES string of the molecule is CCN(c1ccccc1C)C(CN)c1ccc(N(C)C)cc1.